The van der Waals surface area contributed by atoms with Crippen LogP contribution in [0.4, 0.5) is 0 Å². The first kappa shape index (κ1) is 37.4. The van der Waals surface area contributed by atoms with Gasteiger partial charge in [0.05, 0.1) is 31.9 Å². The molecular weight excluding hydrogens is 711 g/mol. The van der Waals surface area contributed by atoms with Crippen LogP contribution in [-0.4, -0.2) is 82.8 Å². The Bertz CT molecular complexity index is 2090. The maximum atomic E-state index is 12.1. The molecule has 0 radical (unpaired) electrons. The van der Waals surface area contributed by atoms with Crippen LogP contribution in [0.25, 0.3) is 0 Å². The van der Waals surface area contributed by atoms with E-state index in [-0.39, 0.29) is 49.1 Å². The number of methoxy groups -OCH3 is 2. The molecule has 2 bridgehead atoms. The van der Waals surface area contributed by atoms with Gasteiger partial charge in [0, 0.05) is 41.4 Å². The average molecular weight is 762 g/mol. The summed E-state index contributed by atoms with van der Waals surface area (Å²) in [6.07, 6.45) is 1.11. The van der Waals surface area contributed by atoms with Crippen LogP contribution >= 0.6 is 0 Å². The van der Waals surface area contributed by atoms with Crippen LogP contribution in [0.1, 0.15) is 66.2 Å². The molecule has 4 aromatic carbocycles. The highest BCUT2D eigenvalue weighted by molar-refractivity contribution is 6.99. The number of phenols is 1. The second-order valence-electron chi connectivity index (χ2n) is 16.3. The monoisotopic (exact) mass is 761 g/mol. The van der Waals surface area contributed by atoms with Crippen molar-refractivity contribution in [3.63, 3.8) is 0 Å². The zero-order chi connectivity index (χ0) is 38.8. The molecule has 1 fully saturated rings. The fourth-order valence-corrected chi connectivity index (χ4v) is 14.8. The summed E-state index contributed by atoms with van der Waals surface area (Å²) in [5.74, 6) is 2.70. The fraction of sp³-hybridized carbons (Fsp3) is 0.432. The van der Waals surface area contributed by atoms with E-state index < -0.39 is 20.4 Å². The lowest BCUT2D eigenvalue weighted by atomic mass is 9.71. The Balaban J connectivity index is 1.36. The second kappa shape index (κ2) is 14.2. The summed E-state index contributed by atoms with van der Waals surface area (Å²) in [4.78, 5) is 4.72. The molecule has 0 aliphatic carbocycles. The van der Waals surface area contributed by atoms with Gasteiger partial charge < -0.3 is 33.2 Å². The molecule has 0 amide bonds. The highest BCUT2D eigenvalue weighted by atomic mass is 28.4. The number of piperazine rings is 1. The van der Waals surface area contributed by atoms with E-state index in [0.717, 1.165) is 27.8 Å². The average Bonchev–Trinajstić information content (AvgIpc) is 3.67. The molecular formula is C44H51N3O7Si. The van der Waals surface area contributed by atoms with E-state index in [0.29, 0.717) is 41.4 Å². The van der Waals surface area contributed by atoms with Crippen molar-refractivity contribution >= 4 is 18.7 Å². The van der Waals surface area contributed by atoms with Crippen molar-refractivity contribution in [2.24, 2.45) is 0 Å². The number of ether oxygens (including phenoxy) is 5. The summed E-state index contributed by atoms with van der Waals surface area (Å²) in [6, 6.07) is 24.6. The summed E-state index contributed by atoms with van der Waals surface area (Å²) in [5.41, 5.74) is 5.41. The number of nitrogens with zero attached hydrogens (tertiary/aromatic N) is 3. The van der Waals surface area contributed by atoms with Gasteiger partial charge in [0.2, 0.25) is 6.79 Å². The summed E-state index contributed by atoms with van der Waals surface area (Å²) in [6.45, 7) is 11.1. The lowest BCUT2D eigenvalue weighted by Gasteiger charge is -2.60. The number of phenolic OH excluding ortho intramolecular Hbond substituents is 1. The highest BCUT2D eigenvalue weighted by Gasteiger charge is 2.58. The topological polar surface area (TPSA) is 106 Å². The van der Waals surface area contributed by atoms with E-state index in [9.17, 15) is 10.4 Å². The predicted molar refractivity (Wildman–Crippen MR) is 212 cm³/mol. The number of rotatable bonds is 9. The Morgan fingerprint density at radius 3 is 2.16 bits per heavy atom. The van der Waals surface area contributed by atoms with Gasteiger partial charge in [0.25, 0.3) is 8.32 Å². The third-order valence-electron chi connectivity index (χ3n) is 12.5. The molecule has 4 heterocycles. The van der Waals surface area contributed by atoms with E-state index in [1.807, 2.05) is 26.0 Å². The molecule has 10 nitrogen and oxygen atoms in total. The molecule has 4 aliphatic rings. The quantitative estimate of drug-likeness (QED) is 0.160. The van der Waals surface area contributed by atoms with Crippen LogP contribution in [-0.2, 0) is 22.0 Å². The van der Waals surface area contributed by atoms with Gasteiger partial charge in [-0.2, -0.15) is 5.26 Å². The van der Waals surface area contributed by atoms with Gasteiger partial charge in [-0.3, -0.25) is 9.80 Å². The van der Waals surface area contributed by atoms with Crippen LogP contribution in [0.15, 0.2) is 66.7 Å². The van der Waals surface area contributed by atoms with Crippen molar-refractivity contribution in [2.45, 2.75) is 82.7 Å². The number of fused-ring (bicyclic) bond motifs is 9. The van der Waals surface area contributed by atoms with Gasteiger partial charge in [-0.1, -0.05) is 87.5 Å². The molecule has 4 aromatic rings. The molecule has 55 heavy (non-hydrogen) atoms. The van der Waals surface area contributed by atoms with Crippen LogP contribution in [0, 0.1) is 25.2 Å². The smallest absolute Gasteiger partial charge is 0.261 e. The molecule has 1 N–H and O–H groups in total. The van der Waals surface area contributed by atoms with Gasteiger partial charge in [-0.15, -0.1) is 0 Å². The Morgan fingerprint density at radius 1 is 0.909 bits per heavy atom. The van der Waals surface area contributed by atoms with E-state index in [4.69, 9.17) is 28.1 Å². The fourth-order valence-electron chi connectivity index (χ4n) is 10.2. The minimum atomic E-state index is -3.04. The Hall–Kier alpha value is -4.57. The van der Waals surface area contributed by atoms with E-state index in [2.05, 4.69) is 98.3 Å². The molecule has 1 saturated heterocycles. The Kier molecular flexibility index (Phi) is 9.63. The van der Waals surface area contributed by atoms with Crippen molar-refractivity contribution in [3.05, 3.63) is 100 Å². The zero-order valence-electron chi connectivity index (χ0n) is 33.0. The van der Waals surface area contributed by atoms with Crippen molar-refractivity contribution in [1.29, 1.82) is 5.26 Å². The van der Waals surface area contributed by atoms with Crippen LogP contribution in [0.5, 0.6) is 28.7 Å². The normalized spacial score (nSPS) is 23.0. The van der Waals surface area contributed by atoms with Gasteiger partial charge in [0.1, 0.15) is 11.8 Å². The number of aryl methyl sites for hydroxylation is 1. The molecule has 0 spiro atoms. The lowest BCUT2D eigenvalue weighted by Crippen LogP contribution is -2.70. The highest BCUT2D eigenvalue weighted by Crippen LogP contribution is 2.58. The number of hydrogen-bond acceptors (Lipinski definition) is 10. The van der Waals surface area contributed by atoms with Gasteiger partial charge >= 0.3 is 0 Å². The zero-order valence-corrected chi connectivity index (χ0v) is 34.0. The van der Waals surface area contributed by atoms with Crippen LogP contribution in [0.2, 0.25) is 5.04 Å². The first-order valence-corrected chi connectivity index (χ1v) is 21.0. The summed E-state index contributed by atoms with van der Waals surface area (Å²) < 4.78 is 37.9. The predicted octanol–water partition coefficient (Wildman–Crippen LogP) is 6.08. The van der Waals surface area contributed by atoms with Gasteiger partial charge in [-0.25, -0.2) is 0 Å². The number of nitriles is 1. The minimum Gasteiger partial charge on any atom is -0.507 e. The van der Waals surface area contributed by atoms with Gasteiger partial charge in [-0.05, 0) is 60.3 Å². The van der Waals surface area contributed by atoms with Crippen LogP contribution in [0.3, 0.4) is 0 Å². The first-order valence-electron chi connectivity index (χ1n) is 19.1. The molecule has 1 unspecified atom stereocenters. The second-order valence-corrected chi connectivity index (χ2v) is 20.6. The third kappa shape index (κ3) is 5.64. The maximum absolute atomic E-state index is 12.1. The number of aromatic hydroxyl groups is 1. The summed E-state index contributed by atoms with van der Waals surface area (Å²) in [7, 11) is 2.35. The molecule has 4 aliphatic heterocycles. The number of hydrogen-bond donors (Lipinski definition) is 1. The molecule has 11 heteroatoms. The standard InChI is InChI=1S/C44H51N3O7Si/c1-26-19-28-20-32-34(22-45)47-33(38(46(32)6)36(28)42(40(26)50-8)51-24-49-7)21-31-37(43-41(52-25-53-43)27(2)39(31)48)35(47)23-54-55(44(3,4)5,29-15-11-9-12-16-29)30-17-13-10-14-18-30/h9-19,32-35,38,48H,20-21,23-25H2,1-8H3/t32-,33?,34-,35-,38-/m0/s1. The first-order chi connectivity index (χ1) is 26.5. The van der Waals surface area contributed by atoms with E-state index in [1.54, 1.807) is 14.2 Å². The Morgan fingerprint density at radius 2 is 1.56 bits per heavy atom. The summed E-state index contributed by atoms with van der Waals surface area (Å²) in [5, 5.41) is 25.4. The van der Waals surface area contributed by atoms with Crippen molar-refractivity contribution in [3.8, 4) is 34.8 Å². The molecule has 0 aromatic heterocycles. The van der Waals surface area contributed by atoms with Crippen molar-refractivity contribution in [1.82, 2.24) is 9.80 Å². The van der Waals surface area contributed by atoms with Crippen molar-refractivity contribution in [2.75, 3.05) is 41.5 Å². The summed E-state index contributed by atoms with van der Waals surface area (Å²) >= 11 is 0. The maximum Gasteiger partial charge on any atom is 0.261 e. The minimum absolute atomic E-state index is 0.0557. The lowest BCUT2D eigenvalue weighted by molar-refractivity contribution is -0.0819. The van der Waals surface area contributed by atoms with Crippen molar-refractivity contribution < 1.29 is 33.2 Å². The van der Waals surface area contributed by atoms with E-state index in [1.165, 1.54) is 10.4 Å². The number of likely N-dealkylation sites (N-methyl/N-ethyl adjacent to an activating group) is 1. The SMILES string of the molecule is COCOc1c(OC)c(C)cc2c1[C@@H]1C3Cc4c(O)c(C)c5c(c4[C@H](CO[Si](c4ccccc4)(c4ccccc4)C(C)(C)C)N3[C@@H](C#N)[C@H](C2)N1C)OCO5. The number of benzene rings is 4. The Labute approximate surface area is 325 Å². The largest absolute Gasteiger partial charge is 0.507 e. The molecule has 0 saturated carbocycles. The third-order valence-corrected chi connectivity index (χ3v) is 17.5. The molecule has 288 valence electrons. The molecule has 8 rings (SSSR count). The van der Waals surface area contributed by atoms with Crippen LogP contribution < -0.4 is 29.3 Å². The molecule has 5 atom stereocenters. The van der Waals surface area contributed by atoms with E-state index >= 15 is 0 Å². The van der Waals surface area contributed by atoms with Gasteiger partial charge in [0.15, 0.2) is 29.8 Å².